The highest BCUT2D eigenvalue weighted by Crippen LogP contribution is 2.35. The average Bonchev–Trinajstić information content (AvgIpc) is 3.33. The standard InChI is InChI=1S/C22H25N3O6S/c1-28-18-9-5-4-8-17(18)22-24-23-21(31-22)15-7-6-12-25(14-15)32(26,27)16-10-11-19(29-2)20(13-16)30-3/h4-5,8-11,13,15H,6-7,12,14H2,1-3H3/t15-/m0/s1. The molecule has 32 heavy (non-hydrogen) atoms. The van der Waals surface area contributed by atoms with E-state index in [4.69, 9.17) is 18.6 Å². The molecule has 0 N–H and O–H groups in total. The fourth-order valence-electron chi connectivity index (χ4n) is 3.82. The third-order valence-electron chi connectivity index (χ3n) is 5.50. The van der Waals surface area contributed by atoms with Crippen molar-refractivity contribution in [2.45, 2.75) is 23.7 Å². The van der Waals surface area contributed by atoms with Crippen molar-refractivity contribution in [2.24, 2.45) is 0 Å². The summed E-state index contributed by atoms with van der Waals surface area (Å²) in [6.07, 6.45) is 1.44. The van der Waals surface area contributed by atoms with Crippen molar-refractivity contribution in [1.82, 2.24) is 14.5 Å². The third kappa shape index (κ3) is 4.15. The Morgan fingerprint density at radius 1 is 0.969 bits per heavy atom. The number of benzene rings is 2. The maximum atomic E-state index is 13.3. The quantitative estimate of drug-likeness (QED) is 0.530. The van der Waals surface area contributed by atoms with E-state index in [-0.39, 0.29) is 17.4 Å². The Morgan fingerprint density at radius 2 is 1.72 bits per heavy atom. The van der Waals surface area contributed by atoms with Gasteiger partial charge in [-0.25, -0.2) is 8.42 Å². The number of methoxy groups -OCH3 is 3. The average molecular weight is 460 g/mol. The number of sulfonamides is 1. The summed E-state index contributed by atoms with van der Waals surface area (Å²) in [7, 11) is 0.826. The molecule has 1 atom stereocenters. The predicted octanol–water partition coefficient (Wildman–Crippen LogP) is 3.33. The molecule has 1 aliphatic heterocycles. The SMILES string of the molecule is COc1ccc(S(=O)(=O)N2CCC[C@H](c3nnc(-c4ccccc4OC)o3)C2)cc1OC. The summed E-state index contributed by atoms with van der Waals surface area (Å²) in [5, 5.41) is 8.36. The summed E-state index contributed by atoms with van der Waals surface area (Å²) in [6, 6.07) is 12.0. The van der Waals surface area contributed by atoms with Gasteiger partial charge in [0.05, 0.1) is 37.7 Å². The van der Waals surface area contributed by atoms with E-state index >= 15 is 0 Å². The Balaban J connectivity index is 1.57. The van der Waals surface area contributed by atoms with Gasteiger partial charge in [-0.05, 0) is 37.1 Å². The summed E-state index contributed by atoms with van der Waals surface area (Å²) in [4.78, 5) is 0.149. The summed E-state index contributed by atoms with van der Waals surface area (Å²) in [6.45, 7) is 0.672. The molecule has 1 aliphatic rings. The van der Waals surface area contributed by atoms with E-state index in [0.717, 1.165) is 6.42 Å². The molecule has 0 radical (unpaired) electrons. The van der Waals surface area contributed by atoms with Crippen LogP contribution in [0.4, 0.5) is 0 Å². The van der Waals surface area contributed by atoms with Gasteiger partial charge in [0.2, 0.25) is 15.9 Å². The number of ether oxygens (including phenoxy) is 3. The zero-order valence-electron chi connectivity index (χ0n) is 18.1. The van der Waals surface area contributed by atoms with E-state index in [2.05, 4.69) is 10.2 Å². The summed E-state index contributed by atoms with van der Waals surface area (Å²) >= 11 is 0. The molecule has 0 bridgehead atoms. The second kappa shape index (κ2) is 9.17. The molecule has 0 unspecified atom stereocenters. The van der Waals surface area contributed by atoms with Crippen LogP contribution in [0, 0.1) is 0 Å². The Kier molecular flexibility index (Phi) is 6.33. The third-order valence-corrected chi connectivity index (χ3v) is 7.37. The van der Waals surface area contributed by atoms with Gasteiger partial charge in [0, 0.05) is 19.2 Å². The van der Waals surface area contributed by atoms with E-state index in [9.17, 15) is 8.42 Å². The number of rotatable bonds is 7. The van der Waals surface area contributed by atoms with Crippen LogP contribution in [0.1, 0.15) is 24.7 Å². The van der Waals surface area contributed by atoms with Crippen molar-refractivity contribution in [3.05, 3.63) is 48.4 Å². The van der Waals surface area contributed by atoms with Gasteiger partial charge in [-0.2, -0.15) is 4.31 Å². The highest BCUT2D eigenvalue weighted by atomic mass is 32.2. The van der Waals surface area contributed by atoms with Crippen molar-refractivity contribution in [2.75, 3.05) is 34.4 Å². The van der Waals surface area contributed by atoms with Crippen LogP contribution in [0.25, 0.3) is 11.5 Å². The highest BCUT2D eigenvalue weighted by molar-refractivity contribution is 7.89. The van der Waals surface area contributed by atoms with Gasteiger partial charge >= 0.3 is 0 Å². The van der Waals surface area contributed by atoms with Gasteiger partial charge in [0.15, 0.2) is 11.5 Å². The van der Waals surface area contributed by atoms with Crippen molar-refractivity contribution in [3.8, 4) is 28.7 Å². The first-order chi connectivity index (χ1) is 15.5. The summed E-state index contributed by atoms with van der Waals surface area (Å²) < 4.78 is 49.8. The molecule has 3 aromatic rings. The number of nitrogens with zero attached hydrogens (tertiary/aromatic N) is 3. The summed E-state index contributed by atoms with van der Waals surface area (Å²) in [5.41, 5.74) is 0.694. The Hall–Kier alpha value is -3.11. The fourth-order valence-corrected chi connectivity index (χ4v) is 5.36. The molecule has 2 heterocycles. The van der Waals surface area contributed by atoms with E-state index < -0.39 is 10.0 Å². The van der Waals surface area contributed by atoms with Crippen LogP contribution >= 0.6 is 0 Å². The van der Waals surface area contributed by atoms with E-state index in [0.29, 0.717) is 47.6 Å². The molecule has 170 valence electrons. The van der Waals surface area contributed by atoms with Gasteiger partial charge in [-0.3, -0.25) is 0 Å². The Bertz CT molecular complexity index is 1190. The van der Waals surface area contributed by atoms with Crippen LogP contribution < -0.4 is 14.2 Å². The van der Waals surface area contributed by atoms with Gasteiger partial charge in [-0.1, -0.05) is 12.1 Å². The minimum Gasteiger partial charge on any atom is -0.496 e. The second-order valence-corrected chi connectivity index (χ2v) is 9.30. The van der Waals surface area contributed by atoms with Gasteiger partial charge < -0.3 is 18.6 Å². The molecule has 0 amide bonds. The monoisotopic (exact) mass is 459 g/mol. The molecule has 10 heteroatoms. The maximum absolute atomic E-state index is 13.3. The molecule has 9 nitrogen and oxygen atoms in total. The molecule has 1 fully saturated rings. The first-order valence-corrected chi connectivity index (χ1v) is 11.6. The smallest absolute Gasteiger partial charge is 0.251 e. The number of hydrogen-bond donors (Lipinski definition) is 0. The molecule has 0 spiro atoms. The van der Waals surface area contributed by atoms with Crippen LogP contribution in [0.3, 0.4) is 0 Å². The van der Waals surface area contributed by atoms with Crippen LogP contribution in [-0.2, 0) is 10.0 Å². The minimum absolute atomic E-state index is 0.149. The molecule has 1 aromatic heterocycles. The van der Waals surface area contributed by atoms with Crippen molar-refractivity contribution < 1.29 is 27.0 Å². The van der Waals surface area contributed by atoms with Crippen LogP contribution in [0.5, 0.6) is 17.2 Å². The lowest BCUT2D eigenvalue weighted by atomic mass is 10.00. The normalized spacial score (nSPS) is 17.2. The van der Waals surface area contributed by atoms with Gasteiger partial charge in [0.1, 0.15) is 5.75 Å². The van der Waals surface area contributed by atoms with Crippen LogP contribution in [-0.4, -0.2) is 57.3 Å². The topological polar surface area (TPSA) is 104 Å². The van der Waals surface area contributed by atoms with Crippen molar-refractivity contribution >= 4 is 10.0 Å². The lowest BCUT2D eigenvalue weighted by Gasteiger charge is -2.30. The highest BCUT2D eigenvalue weighted by Gasteiger charge is 2.34. The van der Waals surface area contributed by atoms with Gasteiger partial charge in [-0.15, -0.1) is 10.2 Å². The number of para-hydroxylation sites is 1. The summed E-state index contributed by atoms with van der Waals surface area (Å²) in [5.74, 6) is 2.02. The first-order valence-electron chi connectivity index (χ1n) is 10.2. The second-order valence-electron chi connectivity index (χ2n) is 7.36. The molecular formula is C22H25N3O6S. The van der Waals surface area contributed by atoms with Crippen molar-refractivity contribution in [1.29, 1.82) is 0 Å². The predicted molar refractivity (Wildman–Crippen MR) is 117 cm³/mol. The molecule has 1 saturated heterocycles. The van der Waals surface area contributed by atoms with E-state index in [1.54, 1.807) is 13.2 Å². The Morgan fingerprint density at radius 3 is 2.47 bits per heavy atom. The van der Waals surface area contributed by atoms with Crippen LogP contribution in [0.2, 0.25) is 0 Å². The number of aromatic nitrogens is 2. The van der Waals surface area contributed by atoms with Crippen molar-refractivity contribution in [3.63, 3.8) is 0 Å². The largest absolute Gasteiger partial charge is 0.496 e. The minimum atomic E-state index is -3.73. The maximum Gasteiger partial charge on any atom is 0.251 e. The Labute approximate surface area is 187 Å². The lowest BCUT2D eigenvalue weighted by Crippen LogP contribution is -2.39. The first kappa shape index (κ1) is 22.1. The number of piperidine rings is 1. The lowest BCUT2D eigenvalue weighted by molar-refractivity contribution is 0.286. The number of hydrogen-bond acceptors (Lipinski definition) is 8. The van der Waals surface area contributed by atoms with Crippen LogP contribution in [0.15, 0.2) is 51.8 Å². The molecular weight excluding hydrogens is 434 g/mol. The molecule has 0 aliphatic carbocycles. The molecule has 0 saturated carbocycles. The van der Waals surface area contributed by atoms with E-state index in [1.807, 2.05) is 24.3 Å². The zero-order chi connectivity index (χ0) is 22.7. The molecule has 4 rings (SSSR count). The van der Waals surface area contributed by atoms with Gasteiger partial charge in [0.25, 0.3) is 5.89 Å². The molecule has 2 aromatic carbocycles. The zero-order valence-corrected chi connectivity index (χ0v) is 19.0. The fraction of sp³-hybridized carbons (Fsp3) is 0.364. The van der Waals surface area contributed by atoms with E-state index in [1.165, 1.54) is 30.7 Å².